The van der Waals surface area contributed by atoms with Crippen LogP contribution in [0.5, 0.6) is 0 Å². The lowest BCUT2D eigenvalue weighted by Crippen LogP contribution is -2.22. The molecular formula is C14H18N2O2S. The number of aromatic nitrogens is 2. The Kier molecular flexibility index (Phi) is 4.06. The average Bonchev–Trinajstić information content (AvgIpc) is 2.90. The van der Waals surface area contributed by atoms with E-state index in [0.29, 0.717) is 6.61 Å². The first-order valence-electron chi connectivity index (χ1n) is 6.61. The third-order valence-electron chi connectivity index (χ3n) is 3.34. The van der Waals surface area contributed by atoms with Crippen LogP contribution in [0.3, 0.4) is 0 Å². The highest BCUT2D eigenvalue weighted by Crippen LogP contribution is 2.21. The van der Waals surface area contributed by atoms with Gasteiger partial charge in [-0.25, -0.2) is 4.52 Å². The van der Waals surface area contributed by atoms with E-state index in [1.165, 1.54) is 6.42 Å². The van der Waals surface area contributed by atoms with Crippen molar-refractivity contribution in [2.45, 2.75) is 37.2 Å². The Balaban J connectivity index is 1.74. The van der Waals surface area contributed by atoms with E-state index in [1.807, 2.05) is 23.0 Å². The van der Waals surface area contributed by atoms with Gasteiger partial charge in [0.1, 0.15) is 5.03 Å². The number of rotatable bonds is 4. The zero-order valence-electron chi connectivity index (χ0n) is 11.0. The topological polar surface area (TPSA) is 35.8 Å². The van der Waals surface area contributed by atoms with Gasteiger partial charge in [0, 0.05) is 18.4 Å². The standard InChI is InChI=1S/C14H18N2O2S/c1-19-13-9-12-11(5-4-7-16(12)15-13)10-18-14-6-2-3-8-17-14/h4-5,7,9,14H,2-3,6,8,10H2,1H3. The monoisotopic (exact) mass is 278 g/mol. The summed E-state index contributed by atoms with van der Waals surface area (Å²) in [5.41, 5.74) is 2.27. The van der Waals surface area contributed by atoms with Gasteiger partial charge in [-0.05, 0) is 37.7 Å². The highest BCUT2D eigenvalue weighted by molar-refractivity contribution is 7.98. The first-order valence-corrected chi connectivity index (χ1v) is 7.84. The second-order valence-electron chi connectivity index (χ2n) is 4.66. The fourth-order valence-corrected chi connectivity index (χ4v) is 2.70. The summed E-state index contributed by atoms with van der Waals surface area (Å²) in [4.78, 5) is 0. The first kappa shape index (κ1) is 13.0. The van der Waals surface area contributed by atoms with E-state index in [0.717, 1.165) is 35.6 Å². The third-order valence-corrected chi connectivity index (χ3v) is 3.96. The van der Waals surface area contributed by atoms with E-state index in [-0.39, 0.29) is 6.29 Å². The van der Waals surface area contributed by atoms with Gasteiger partial charge >= 0.3 is 0 Å². The quantitative estimate of drug-likeness (QED) is 0.805. The van der Waals surface area contributed by atoms with Crippen molar-refractivity contribution in [3.63, 3.8) is 0 Å². The summed E-state index contributed by atoms with van der Waals surface area (Å²) in [6.45, 7) is 1.40. The van der Waals surface area contributed by atoms with Gasteiger partial charge in [0.2, 0.25) is 0 Å². The molecule has 0 saturated carbocycles. The fraction of sp³-hybridized carbons (Fsp3) is 0.500. The van der Waals surface area contributed by atoms with Gasteiger partial charge in [-0.15, -0.1) is 11.8 Å². The van der Waals surface area contributed by atoms with Crippen molar-refractivity contribution in [3.8, 4) is 0 Å². The number of hydrogen-bond acceptors (Lipinski definition) is 4. The Morgan fingerprint density at radius 2 is 2.47 bits per heavy atom. The molecule has 0 aromatic carbocycles. The Bertz CT molecular complexity index is 549. The predicted octanol–water partition coefficient (Wildman–Crippen LogP) is 3.10. The molecule has 1 aliphatic rings. The number of hydrogen-bond donors (Lipinski definition) is 0. The van der Waals surface area contributed by atoms with Gasteiger partial charge in [0.25, 0.3) is 0 Å². The second-order valence-corrected chi connectivity index (χ2v) is 5.48. The Labute approximate surface area is 117 Å². The molecule has 102 valence electrons. The van der Waals surface area contributed by atoms with Crippen LogP contribution in [0, 0.1) is 0 Å². The van der Waals surface area contributed by atoms with Crippen LogP contribution < -0.4 is 0 Å². The largest absolute Gasteiger partial charge is 0.353 e. The molecule has 3 rings (SSSR count). The van der Waals surface area contributed by atoms with Crippen LogP contribution in [0.2, 0.25) is 0 Å². The highest BCUT2D eigenvalue weighted by Gasteiger charge is 2.15. The van der Waals surface area contributed by atoms with E-state index in [4.69, 9.17) is 9.47 Å². The average molecular weight is 278 g/mol. The summed E-state index contributed by atoms with van der Waals surface area (Å²) in [6, 6.07) is 6.19. The Morgan fingerprint density at radius 1 is 1.53 bits per heavy atom. The molecule has 1 aliphatic heterocycles. The number of nitrogens with zero attached hydrogens (tertiary/aromatic N) is 2. The molecule has 0 aliphatic carbocycles. The van der Waals surface area contributed by atoms with Crippen LogP contribution in [-0.2, 0) is 16.1 Å². The van der Waals surface area contributed by atoms with Gasteiger partial charge in [0.05, 0.1) is 12.1 Å². The van der Waals surface area contributed by atoms with E-state index >= 15 is 0 Å². The molecule has 19 heavy (non-hydrogen) atoms. The zero-order chi connectivity index (χ0) is 13.1. The molecule has 1 atom stereocenters. The minimum absolute atomic E-state index is 0.0445. The number of ether oxygens (including phenoxy) is 2. The van der Waals surface area contributed by atoms with E-state index in [2.05, 4.69) is 17.2 Å². The number of thioether (sulfide) groups is 1. The SMILES string of the molecule is CSc1cc2c(COC3CCCCO3)cccn2n1. The molecule has 2 aromatic rings. The maximum Gasteiger partial charge on any atom is 0.158 e. The predicted molar refractivity (Wildman–Crippen MR) is 75.4 cm³/mol. The van der Waals surface area contributed by atoms with Crippen molar-refractivity contribution in [3.05, 3.63) is 30.0 Å². The van der Waals surface area contributed by atoms with Crippen molar-refractivity contribution >= 4 is 17.3 Å². The molecule has 1 saturated heterocycles. The second kappa shape index (κ2) is 5.94. The zero-order valence-corrected chi connectivity index (χ0v) is 11.9. The van der Waals surface area contributed by atoms with Crippen LogP contribution in [0.4, 0.5) is 0 Å². The molecule has 0 radical (unpaired) electrons. The van der Waals surface area contributed by atoms with Crippen molar-refractivity contribution < 1.29 is 9.47 Å². The van der Waals surface area contributed by atoms with E-state index < -0.39 is 0 Å². The van der Waals surface area contributed by atoms with Gasteiger partial charge in [-0.2, -0.15) is 5.10 Å². The highest BCUT2D eigenvalue weighted by atomic mass is 32.2. The van der Waals surface area contributed by atoms with Crippen LogP contribution in [0.15, 0.2) is 29.4 Å². The first-order chi connectivity index (χ1) is 9.36. The molecule has 3 heterocycles. The lowest BCUT2D eigenvalue weighted by molar-refractivity contribution is -0.168. The normalized spacial score (nSPS) is 19.9. The van der Waals surface area contributed by atoms with Crippen molar-refractivity contribution in [2.75, 3.05) is 12.9 Å². The summed E-state index contributed by atoms with van der Waals surface area (Å²) in [5.74, 6) is 0. The molecule has 4 nitrogen and oxygen atoms in total. The van der Waals surface area contributed by atoms with Crippen molar-refractivity contribution in [1.29, 1.82) is 0 Å². The van der Waals surface area contributed by atoms with E-state index in [9.17, 15) is 0 Å². The van der Waals surface area contributed by atoms with Crippen LogP contribution in [0.1, 0.15) is 24.8 Å². The molecule has 0 N–H and O–H groups in total. The van der Waals surface area contributed by atoms with E-state index in [1.54, 1.807) is 11.8 Å². The molecule has 1 fully saturated rings. The van der Waals surface area contributed by atoms with Crippen LogP contribution in [-0.4, -0.2) is 28.8 Å². The molecule has 0 amide bonds. The van der Waals surface area contributed by atoms with Crippen molar-refractivity contribution in [1.82, 2.24) is 9.61 Å². The summed E-state index contributed by atoms with van der Waals surface area (Å²) in [6.07, 6.45) is 7.30. The lowest BCUT2D eigenvalue weighted by atomic mass is 10.2. The number of pyridine rings is 1. The molecule has 0 spiro atoms. The summed E-state index contributed by atoms with van der Waals surface area (Å²) in [5, 5.41) is 5.51. The Hall–Kier alpha value is -1.04. The Morgan fingerprint density at radius 3 is 3.26 bits per heavy atom. The van der Waals surface area contributed by atoms with Gasteiger partial charge in [-0.3, -0.25) is 0 Å². The summed E-state index contributed by atoms with van der Waals surface area (Å²) < 4.78 is 13.3. The summed E-state index contributed by atoms with van der Waals surface area (Å²) >= 11 is 1.65. The minimum atomic E-state index is -0.0445. The van der Waals surface area contributed by atoms with Crippen molar-refractivity contribution in [2.24, 2.45) is 0 Å². The third kappa shape index (κ3) is 2.94. The van der Waals surface area contributed by atoms with Crippen LogP contribution >= 0.6 is 11.8 Å². The fourth-order valence-electron chi connectivity index (χ4n) is 2.30. The van der Waals surface area contributed by atoms with Gasteiger partial charge < -0.3 is 9.47 Å². The lowest BCUT2D eigenvalue weighted by Gasteiger charge is -2.22. The van der Waals surface area contributed by atoms with Gasteiger partial charge in [-0.1, -0.05) is 6.07 Å². The van der Waals surface area contributed by atoms with Gasteiger partial charge in [0.15, 0.2) is 6.29 Å². The smallest absolute Gasteiger partial charge is 0.158 e. The van der Waals surface area contributed by atoms with Crippen LogP contribution in [0.25, 0.3) is 5.52 Å². The summed E-state index contributed by atoms with van der Waals surface area (Å²) in [7, 11) is 0. The minimum Gasteiger partial charge on any atom is -0.353 e. The molecule has 5 heteroatoms. The maximum absolute atomic E-state index is 5.85. The molecule has 2 aromatic heterocycles. The maximum atomic E-state index is 5.85. The molecular weight excluding hydrogens is 260 g/mol. The molecule has 1 unspecified atom stereocenters. The number of fused-ring (bicyclic) bond motifs is 1. The molecule has 0 bridgehead atoms.